The summed E-state index contributed by atoms with van der Waals surface area (Å²) in [6, 6.07) is 12.3. The average Bonchev–Trinajstić information content (AvgIpc) is 2.95. The maximum Gasteiger partial charge on any atom is 0.325 e. The first kappa shape index (κ1) is 21.0. The van der Waals surface area contributed by atoms with E-state index in [2.05, 4.69) is 21.2 Å². The molecule has 1 aliphatic rings. The van der Waals surface area contributed by atoms with E-state index in [1.807, 2.05) is 24.3 Å². The van der Waals surface area contributed by atoms with Gasteiger partial charge < -0.3 is 10.2 Å². The topological polar surface area (TPSA) is 69.7 Å². The highest BCUT2D eigenvalue weighted by atomic mass is 79.9. The molecule has 2 aromatic rings. The molecule has 0 aliphatic carbocycles. The van der Waals surface area contributed by atoms with E-state index in [0.717, 1.165) is 14.9 Å². The van der Waals surface area contributed by atoms with Crippen LogP contribution in [0.1, 0.15) is 24.5 Å². The molecule has 4 amide bonds. The zero-order valence-corrected chi connectivity index (χ0v) is 17.7. The Hall–Kier alpha value is -2.74. The largest absolute Gasteiger partial charge is 0.340 e. The highest BCUT2D eigenvalue weighted by Crippen LogP contribution is 2.32. The van der Waals surface area contributed by atoms with Gasteiger partial charge in [-0.2, -0.15) is 0 Å². The number of likely N-dealkylation sites (N-methyl/N-ethyl adjacent to an activating group) is 1. The molecule has 1 aliphatic heterocycles. The Balaban J connectivity index is 1.76. The fourth-order valence-corrected chi connectivity index (χ4v) is 3.78. The summed E-state index contributed by atoms with van der Waals surface area (Å²) >= 11 is 3.44. The predicted molar refractivity (Wildman–Crippen MR) is 109 cm³/mol. The predicted octanol–water partition coefficient (Wildman–Crippen LogP) is 3.40. The van der Waals surface area contributed by atoms with Crippen molar-refractivity contribution in [2.75, 3.05) is 13.6 Å². The normalized spacial score (nSPS) is 18.7. The Morgan fingerprint density at radius 3 is 2.45 bits per heavy atom. The van der Waals surface area contributed by atoms with Crippen molar-refractivity contribution in [2.45, 2.75) is 25.4 Å². The van der Waals surface area contributed by atoms with Crippen LogP contribution < -0.4 is 5.32 Å². The number of rotatable bonds is 6. The van der Waals surface area contributed by atoms with Gasteiger partial charge in [0.1, 0.15) is 17.9 Å². The first-order chi connectivity index (χ1) is 13.8. The summed E-state index contributed by atoms with van der Waals surface area (Å²) in [5.41, 5.74) is 0.0950. The molecule has 1 heterocycles. The highest BCUT2D eigenvalue weighted by molar-refractivity contribution is 9.10. The Kier molecular flexibility index (Phi) is 6.02. The molecule has 0 aromatic heterocycles. The summed E-state index contributed by atoms with van der Waals surface area (Å²) in [5.74, 6) is -1.31. The van der Waals surface area contributed by atoms with Gasteiger partial charge in [-0.1, -0.05) is 53.2 Å². The van der Waals surface area contributed by atoms with Crippen molar-refractivity contribution in [3.8, 4) is 0 Å². The van der Waals surface area contributed by atoms with E-state index in [1.54, 1.807) is 14.0 Å². The van der Waals surface area contributed by atoms with Crippen LogP contribution in [0.25, 0.3) is 0 Å². The molecule has 1 fully saturated rings. The number of carbonyl (C=O) groups is 3. The number of hydrogen-bond acceptors (Lipinski definition) is 3. The molecule has 1 saturated heterocycles. The van der Waals surface area contributed by atoms with Crippen molar-refractivity contribution in [3.63, 3.8) is 0 Å². The van der Waals surface area contributed by atoms with Crippen LogP contribution in [-0.2, 0) is 21.7 Å². The Bertz CT molecular complexity index is 950. The van der Waals surface area contributed by atoms with Crippen LogP contribution in [0.3, 0.4) is 0 Å². The van der Waals surface area contributed by atoms with Gasteiger partial charge in [-0.3, -0.25) is 14.5 Å². The number of hydrogen-bond donors (Lipinski definition) is 1. The van der Waals surface area contributed by atoms with E-state index in [9.17, 15) is 18.8 Å². The second kappa shape index (κ2) is 8.32. The van der Waals surface area contributed by atoms with Gasteiger partial charge in [0.25, 0.3) is 5.91 Å². The third-order valence-electron chi connectivity index (χ3n) is 5.13. The molecule has 1 N–H and O–H groups in total. The lowest BCUT2D eigenvalue weighted by Crippen LogP contribution is -2.45. The van der Waals surface area contributed by atoms with E-state index in [-0.39, 0.29) is 18.9 Å². The minimum atomic E-state index is -1.30. The SMILES string of the molecule is CCC1(c2ccc(F)cc2)NC(=O)N(CC(=O)N(C)Cc2ccccc2Br)C1=O. The highest BCUT2D eigenvalue weighted by Gasteiger charge is 2.51. The molecule has 152 valence electrons. The molecule has 2 aromatic carbocycles. The second-order valence-corrected chi connectivity index (χ2v) is 7.78. The first-order valence-corrected chi connectivity index (χ1v) is 9.95. The number of benzene rings is 2. The van der Waals surface area contributed by atoms with Crippen molar-refractivity contribution < 1.29 is 18.8 Å². The van der Waals surface area contributed by atoms with Crippen LogP contribution in [0.15, 0.2) is 53.0 Å². The number of imide groups is 1. The van der Waals surface area contributed by atoms with Gasteiger partial charge in [0, 0.05) is 18.1 Å². The molecule has 0 radical (unpaired) electrons. The van der Waals surface area contributed by atoms with Crippen LogP contribution in [0.4, 0.5) is 9.18 Å². The number of amides is 4. The zero-order chi connectivity index (χ0) is 21.2. The third kappa shape index (κ3) is 4.03. The number of nitrogens with one attached hydrogen (secondary N) is 1. The minimum absolute atomic E-state index is 0.278. The van der Waals surface area contributed by atoms with Gasteiger partial charge in [-0.15, -0.1) is 0 Å². The molecule has 0 saturated carbocycles. The van der Waals surface area contributed by atoms with E-state index in [1.165, 1.54) is 29.2 Å². The number of nitrogens with zero attached hydrogens (tertiary/aromatic N) is 2. The lowest BCUT2D eigenvalue weighted by atomic mass is 9.87. The fourth-order valence-electron chi connectivity index (χ4n) is 3.37. The van der Waals surface area contributed by atoms with Gasteiger partial charge >= 0.3 is 6.03 Å². The number of urea groups is 1. The molecular weight excluding hydrogens is 441 g/mol. The van der Waals surface area contributed by atoms with E-state index >= 15 is 0 Å². The van der Waals surface area contributed by atoms with Crippen molar-refractivity contribution in [3.05, 3.63) is 69.9 Å². The van der Waals surface area contributed by atoms with Crippen LogP contribution in [0, 0.1) is 5.82 Å². The summed E-state index contributed by atoms with van der Waals surface area (Å²) < 4.78 is 14.2. The summed E-state index contributed by atoms with van der Waals surface area (Å²) in [4.78, 5) is 40.7. The van der Waals surface area contributed by atoms with Gasteiger partial charge in [0.15, 0.2) is 0 Å². The van der Waals surface area contributed by atoms with Crippen molar-refractivity contribution in [1.82, 2.24) is 15.1 Å². The molecule has 0 spiro atoms. The van der Waals surface area contributed by atoms with Gasteiger partial charge in [-0.05, 0) is 35.7 Å². The van der Waals surface area contributed by atoms with Gasteiger partial charge in [-0.25, -0.2) is 9.18 Å². The molecule has 1 atom stereocenters. The van der Waals surface area contributed by atoms with Crippen LogP contribution in [-0.4, -0.2) is 41.2 Å². The lowest BCUT2D eigenvalue weighted by molar-refractivity contribution is -0.138. The summed E-state index contributed by atoms with van der Waals surface area (Å²) in [7, 11) is 1.62. The Morgan fingerprint density at radius 1 is 1.17 bits per heavy atom. The molecule has 8 heteroatoms. The van der Waals surface area contributed by atoms with Crippen molar-refractivity contribution in [1.29, 1.82) is 0 Å². The van der Waals surface area contributed by atoms with Gasteiger partial charge in [0.2, 0.25) is 5.91 Å². The average molecular weight is 462 g/mol. The first-order valence-electron chi connectivity index (χ1n) is 9.16. The lowest BCUT2D eigenvalue weighted by Gasteiger charge is -2.26. The van der Waals surface area contributed by atoms with E-state index in [0.29, 0.717) is 12.1 Å². The second-order valence-electron chi connectivity index (χ2n) is 6.93. The quantitative estimate of drug-likeness (QED) is 0.670. The smallest absolute Gasteiger partial charge is 0.325 e. The zero-order valence-electron chi connectivity index (χ0n) is 16.1. The molecule has 29 heavy (non-hydrogen) atoms. The maximum atomic E-state index is 13.3. The molecule has 6 nitrogen and oxygen atoms in total. The van der Waals surface area contributed by atoms with Crippen molar-refractivity contribution in [2.24, 2.45) is 0 Å². The summed E-state index contributed by atoms with van der Waals surface area (Å²) in [6.07, 6.45) is 0.278. The maximum absolute atomic E-state index is 13.3. The Morgan fingerprint density at radius 2 is 1.83 bits per heavy atom. The number of halogens is 2. The number of carbonyl (C=O) groups excluding carboxylic acids is 3. The molecular formula is C21H21BrFN3O3. The molecule has 3 rings (SSSR count). The van der Waals surface area contributed by atoms with Gasteiger partial charge in [0.05, 0.1) is 0 Å². The Labute approximate surface area is 176 Å². The molecule has 0 bridgehead atoms. The third-order valence-corrected chi connectivity index (χ3v) is 5.90. The summed E-state index contributed by atoms with van der Waals surface area (Å²) in [6.45, 7) is 1.72. The fraction of sp³-hybridized carbons (Fsp3) is 0.286. The summed E-state index contributed by atoms with van der Waals surface area (Å²) in [5, 5.41) is 2.69. The van der Waals surface area contributed by atoms with Crippen molar-refractivity contribution >= 4 is 33.8 Å². The van der Waals surface area contributed by atoms with E-state index < -0.39 is 23.3 Å². The minimum Gasteiger partial charge on any atom is -0.340 e. The van der Waals surface area contributed by atoms with Crippen LogP contribution >= 0.6 is 15.9 Å². The van der Waals surface area contributed by atoms with E-state index in [4.69, 9.17) is 0 Å². The monoisotopic (exact) mass is 461 g/mol. The van der Waals surface area contributed by atoms with Crippen LogP contribution in [0.5, 0.6) is 0 Å². The van der Waals surface area contributed by atoms with Crippen LogP contribution in [0.2, 0.25) is 0 Å². The molecule has 1 unspecified atom stereocenters. The standard InChI is InChI=1S/C21H21BrFN3O3/c1-3-21(15-8-10-16(23)11-9-15)19(28)26(20(29)24-21)13-18(27)25(2)12-14-6-4-5-7-17(14)22/h4-11H,3,12-13H2,1-2H3,(H,24,29).